The first-order chi connectivity index (χ1) is 23.8. The summed E-state index contributed by atoms with van der Waals surface area (Å²) in [5.41, 5.74) is -1.29. The molecule has 1 unspecified atom stereocenters. The number of ether oxygens (including phenoxy) is 1. The van der Waals surface area contributed by atoms with Gasteiger partial charge >= 0.3 is 6.18 Å². The van der Waals surface area contributed by atoms with Gasteiger partial charge in [0, 0.05) is 42.8 Å². The van der Waals surface area contributed by atoms with E-state index in [0.29, 0.717) is 29.1 Å². The number of aromatic amines is 1. The van der Waals surface area contributed by atoms with Gasteiger partial charge in [-0.05, 0) is 89.6 Å². The van der Waals surface area contributed by atoms with Crippen LogP contribution in [0.2, 0.25) is 5.15 Å². The van der Waals surface area contributed by atoms with Gasteiger partial charge in [0.25, 0.3) is 5.91 Å². The van der Waals surface area contributed by atoms with Crippen molar-refractivity contribution in [2.24, 2.45) is 11.3 Å². The quantitative estimate of drug-likeness (QED) is 0.112. The molecular weight excluding hydrogens is 695 g/mol. The SMILES string of the molecule is CN1CC(CCCN(Cc2nn[nH]n2)c2cccc(SNC(=O)c3ccc(-n4ccc(OCCC5(C(F)(F)F)CC5)n4)nc3Cl)n2)CC1(C)C. The number of likely N-dealkylation sites (tertiary alicyclic amines) is 1. The van der Waals surface area contributed by atoms with Crippen LogP contribution in [0.4, 0.5) is 19.0 Å². The topological polar surface area (TPSA) is 143 Å². The molecule has 1 aliphatic carbocycles. The van der Waals surface area contributed by atoms with Crippen molar-refractivity contribution in [3.63, 3.8) is 0 Å². The highest BCUT2D eigenvalue weighted by molar-refractivity contribution is 7.97. The fraction of sp³-hybridized carbons (Fsp3) is 0.531. The molecule has 0 radical (unpaired) electrons. The standard InChI is InChI=1S/C32H39ClF3N11O2S/c1-30(2)18-21(19-45(30)3)6-5-15-46(20-23-39-43-44-40-23)24-7-4-8-27(37-24)50-42-29(48)22-9-10-25(38-28(22)33)47-16-11-26(41-47)49-17-14-31(12-13-31)32(34,35)36/h4,7-11,16,21H,5-6,12-15,17-20H2,1-3H3,(H,42,48)(H,39,40,43,44). The van der Waals surface area contributed by atoms with Crippen LogP contribution in [0.5, 0.6) is 5.88 Å². The van der Waals surface area contributed by atoms with Gasteiger partial charge in [-0.25, -0.2) is 14.6 Å². The number of alkyl halides is 3. The highest BCUT2D eigenvalue weighted by Gasteiger charge is 2.62. The second kappa shape index (κ2) is 14.7. The molecule has 6 rings (SSSR count). The van der Waals surface area contributed by atoms with Gasteiger partial charge in [-0.2, -0.15) is 18.4 Å². The number of hydrogen-bond donors (Lipinski definition) is 2. The molecular formula is C32H39ClF3N11O2S. The van der Waals surface area contributed by atoms with Crippen molar-refractivity contribution >= 4 is 35.3 Å². The molecule has 0 bridgehead atoms. The van der Waals surface area contributed by atoms with Gasteiger partial charge in [-0.15, -0.1) is 15.3 Å². The monoisotopic (exact) mass is 733 g/mol. The predicted octanol–water partition coefficient (Wildman–Crippen LogP) is 5.89. The minimum atomic E-state index is -4.23. The number of rotatable bonds is 15. The van der Waals surface area contributed by atoms with Gasteiger partial charge < -0.3 is 14.5 Å². The molecule has 2 fully saturated rings. The Hall–Kier alpha value is -3.96. The van der Waals surface area contributed by atoms with Crippen LogP contribution in [0.3, 0.4) is 0 Å². The van der Waals surface area contributed by atoms with Gasteiger partial charge in [0.1, 0.15) is 16.0 Å². The zero-order chi connectivity index (χ0) is 35.5. The van der Waals surface area contributed by atoms with Crippen LogP contribution < -0.4 is 14.4 Å². The second-order valence-corrected chi connectivity index (χ2v) is 14.7. The van der Waals surface area contributed by atoms with Gasteiger partial charge in [0.05, 0.1) is 24.1 Å². The third-order valence-electron chi connectivity index (χ3n) is 9.56. The van der Waals surface area contributed by atoms with Crippen LogP contribution in [0.15, 0.2) is 47.6 Å². The molecule has 2 N–H and O–H groups in total. The molecule has 1 saturated carbocycles. The van der Waals surface area contributed by atoms with Crippen LogP contribution in [-0.2, 0) is 6.54 Å². The van der Waals surface area contributed by atoms with E-state index in [1.165, 1.54) is 16.8 Å². The Labute approximate surface area is 296 Å². The predicted molar refractivity (Wildman–Crippen MR) is 181 cm³/mol. The summed E-state index contributed by atoms with van der Waals surface area (Å²) in [6.45, 7) is 6.73. The van der Waals surface area contributed by atoms with E-state index in [0.717, 1.165) is 50.1 Å². The molecule has 5 heterocycles. The molecule has 50 heavy (non-hydrogen) atoms. The van der Waals surface area contributed by atoms with Crippen molar-refractivity contribution < 1.29 is 22.7 Å². The number of nitrogens with zero attached hydrogens (tertiary/aromatic N) is 9. The summed E-state index contributed by atoms with van der Waals surface area (Å²) in [6, 6.07) is 10.2. The van der Waals surface area contributed by atoms with E-state index in [1.807, 2.05) is 12.1 Å². The van der Waals surface area contributed by atoms with Crippen molar-refractivity contribution in [1.82, 2.24) is 50.0 Å². The lowest BCUT2D eigenvalue weighted by molar-refractivity contribution is -0.190. The minimum absolute atomic E-state index is 0.0516. The van der Waals surface area contributed by atoms with Crippen LogP contribution >= 0.6 is 23.5 Å². The Morgan fingerprint density at radius 1 is 1.20 bits per heavy atom. The summed E-state index contributed by atoms with van der Waals surface area (Å²) in [5, 5.41) is 19.2. The van der Waals surface area contributed by atoms with Gasteiger partial charge in [0.15, 0.2) is 11.6 Å². The molecule has 0 aromatic carbocycles. The molecule has 4 aromatic heterocycles. The number of anilines is 1. The van der Waals surface area contributed by atoms with Crippen molar-refractivity contribution in [3.8, 4) is 11.7 Å². The Morgan fingerprint density at radius 2 is 2.02 bits per heavy atom. The summed E-state index contributed by atoms with van der Waals surface area (Å²) >= 11 is 7.45. The third kappa shape index (κ3) is 8.49. The summed E-state index contributed by atoms with van der Waals surface area (Å²) in [4.78, 5) is 26.7. The van der Waals surface area contributed by atoms with Crippen LogP contribution in [-0.4, -0.2) is 89.6 Å². The number of aromatic nitrogens is 8. The number of tetrazole rings is 1. The summed E-state index contributed by atoms with van der Waals surface area (Å²) in [5.74, 6) is 1.90. The maximum Gasteiger partial charge on any atom is 0.394 e. The van der Waals surface area contributed by atoms with E-state index in [-0.39, 0.29) is 48.0 Å². The second-order valence-electron chi connectivity index (χ2n) is 13.5. The van der Waals surface area contributed by atoms with Crippen molar-refractivity contribution in [2.45, 2.75) is 75.7 Å². The van der Waals surface area contributed by atoms with E-state index < -0.39 is 17.5 Å². The van der Waals surface area contributed by atoms with E-state index in [1.54, 1.807) is 18.3 Å². The van der Waals surface area contributed by atoms with Crippen LogP contribution in [0, 0.1) is 11.3 Å². The van der Waals surface area contributed by atoms with Gasteiger partial charge in [-0.3, -0.25) is 9.52 Å². The molecule has 18 heteroatoms. The highest BCUT2D eigenvalue weighted by Crippen LogP contribution is 2.59. The van der Waals surface area contributed by atoms with E-state index >= 15 is 0 Å². The summed E-state index contributed by atoms with van der Waals surface area (Å²) in [6.07, 6.45) is 0.672. The lowest BCUT2D eigenvalue weighted by Gasteiger charge is -2.26. The van der Waals surface area contributed by atoms with Crippen molar-refractivity contribution in [1.29, 1.82) is 0 Å². The largest absolute Gasteiger partial charge is 0.477 e. The first-order valence-electron chi connectivity index (χ1n) is 16.4. The molecule has 2 aliphatic rings. The maximum absolute atomic E-state index is 13.2. The highest BCUT2D eigenvalue weighted by atomic mass is 35.5. The first-order valence-corrected chi connectivity index (χ1v) is 17.6. The molecule has 268 valence electrons. The average molecular weight is 734 g/mol. The summed E-state index contributed by atoms with van der Waals surface area (Å²) in [7, 11) is 2.18. The van der Waals surface area contributed by atoms with Crippen molar-refractivity contribution in [3.05, 3.63) is 59.1 Å². The van der Waals surface area contributed by atoms with E-state index in [2.05, 4.69) is 66.1 Å². The molecule has 13 nitrogen and oxygen atoms in total. The zero-order valence-corrected chi connectivity index (χ0v) is 29.5. The fourth-order valence-corrected chi connectivity index (χ4v) is 7.05. The number of H-pyrrole nitrogens is 1. The smallest absolute Gasteiger partial charge is 0.394 e. The Morgan fingerprint density at radius 3 is 2.70 bits per heavy atom. The minimum Gasteiger partial charge on any atom is -0.477 e. The number of halogens is 4. The van der Waals surface area contributed by atoms with Gasteiger partial charge in [0.2, 0.25) is 5.88 Å². The van der Waals surface area contributed by atoms with Crippen LogP contribution in [0.1, 0.15) is 68.6 Å². The third-order valence-corrected chi connectivity index (χ3v) is 10.6. The Bertz CT molecular complexity index is 1770. The van der Waals surface area contributed by atoms with Gasteiger partial charge in [-0.1, -0.05) is 22.9 Å². The van der Waals surface area contributed by atoms with Crippen LogP contribution in [0.25, 0.3) is 5.82 Å². The molecule has 1 amide bonds. The number of carbonyl (C=O) groups excluding carboxylic acids is 1. The number of amides is 1. The molecule has 1 atom stereocenters. The number of hydrogen-bond acceptors (Lipinski definition) is 11. The van der Waals surface area contributed by atoms with E-state index in [9.17, 15) is 18.0 Å². The van der Waals surface area contributed by atoms with E-state index in [4.69, 9.17) is 21.3 Å². The van der Waals surface area contributed by atoms with Crippen molar-refractivity contribution in [2.75, 3.05) is 31.6 Å². The normalized spacial score (nSPS) is 18.3. The maximum atomic E-state index is 13.2. The Kier molecular flexibility index (Phi) is 10.6. The lowest BCUT2D eigenvalue weighted by Crippen LogP contribution is -2.34. The average Bonchev–Trinajstić information content (AvgIpc) is 3.35. The Balaban J connectivity index is 1.03. The first kappa shape index (κ1) is 35.9. The number of pyridine rings is 2. The molecule has 4 aromatic rings. The number of nitrogens with one attached hydrogen (secondary N) is 2. The lowest BCUT2D eigenvalue weighted by atomic mass is 9.93. The summed E-state index contributed by atoms with van der Waals surface area (Å²) < 4.78 is 49.1. The molecule has 1 aliphatic heterocycles. The fourth-order valence-electron chi connectivity index (χ4n) is 6.22. The zero-order valence-electron chi connectivity index (χ0n) is 28.0. The number of carbonyl (C=O) groups is 1. The molecule has 0 spiro atoms. The molecule has 1 saturated heterocycles.